The first-order valence-corrected chi connectivity index (χ1v) is 8.37. The zero-order valence-electron chi connectivity index (χ0n) is 13.0. The highest BCUT2D eigenvalue weighted by atomic mass is 32.2. The van der Waals surface area contributed by atoms with E-state index in [1.54, 1.807) is 0 Å². The first kappa shape index (κ1) is 18.4. The van der Waals surface area contributed by atoms with Gasteiger partial charge in [0.25, 0.3) is 0 Å². The highest BCUT2D eigenvalue weighted by molar-refractivity contribution is 7.99. The summed E-state index contributed by atoms with van der Waals surface area (Å²) >= 11 is 1.39. The largest absolute Gasteiger partial charge is 0.394 e. The van der Waals surface area contributed by atoms with Crippen molar-refractivity contribution in [2.75, 3.05) is 12.4 Å². The van der Waals surface area contributed by atoms with E-state index >= 15 is 0 Å². The molecule has 0 heterocycles. The van der Waals surface area contributed by atoms with E-state index in [0.29, 0.717) is 10.9 Å². The number of aliphatic hydroxyl groups excluding tert-OH is 1. The van der Waals surface area contributed by atoms with Gasteiger partial charge in [-0.2, -0.15) is 0 Å². The molecule has 0 amide bonds. The SMILES string of the molecule is CCC(CO)(CCCSc1ccc(F)cc1F)NC(C)C. The molecule has 0 spiro atoms. The second-order valence-corrected chi connectivity index (χ2v) is 6.75. The zero-order chi connectivity index (χ0) is 15.9. The summed E-state index contributed by atoms with van der Waals surface area (Å²) in [6.45, 7) is 6.26. The van der Waals surface area contributed by atoms with Crippen LogP contribution in [0.1, 0.15) is 40.0 Å². The molecule has 1 aromatic carbocycles. The van der Waals surface area contributed by atoms with Gasteiger partial charge in [-0.25, -0.2) is 8.78 Å². The molecule has 0 bridgehead atoms. The number of halogens is 2. The van der Waals surface area contributed by atoms with Gasteiger partial charge in [0.2, 0.25) is 0 Å². The van der Waals surface area contributed by atoms with Crippen LogP contribution in [0, 0.1) is 11.6 Å². The summed E-state index contributed by atoms with van der Waals surface area (Å²) in [5, 5.41) is 13.1. The Morgan fingerprint density at radius 3 is 2.57 bits per heavy atom. The molecule has 1 rings (SSSR count). The molecule has 0 saturated carbocycles. The highest BCUT2D eigenvalue weighted by Crippen LogP contribution is 2.25. The molecule has 0 aliphatic heterocycles. The van der Waals surface area contributed by atoms with Crippen LogP contribution in [0.25, 0.3) is 0 Å². The number of rotatable bonds is 9. The Bertz CT molecular complexity index is 436. The third-order valence-corrected chi connectivity index (χ3v) is 4.66. The molecule has 21 heavy (non-hydrogen) atoms. The molecule has 1 aromatic rings. The van der Waals surface area contributed by atoms with Gasteiger partial charge in [0, 0.05) is 22.5 Å². The summed E-state index contributed by atoms with van der Waals surface area (Å²) in [7, 11) is 0. The molecular weight excluding hydrogens is 292 g/mol. The lowest BCUT2D eigenvalue weighted by Crippen LogP contribution is -2.51. The molecule has 2 N–H and O–H groups in total. The van der Waals surface area contributed by atoms with E-state index in [9.17, 15) is 13.9 Å². The van der Waals surface area contributed by atoms with Crippen molar-refractivity contribution in [3.8, 4) is 0 Å². The predicted octanol–water partition coefficient (Wildman–Crippen LogP) is 3.98. The van der Waals surface area contributed by atoms with Crippen LogP contribution in [0.2, 0.25) is 0 Å². The minimum absolute atomic E-state index is 0.0945. The van der Waals surface area contributed by atoms with Crippen molar-refractivity contribution in [2.45, 2.75) is 56.5 Å². The summed E-state index contributed by atoms with van der Waals surface area (Å²) in [5.41, 5.74) is -0.268. The summed E-state index contributed by atoms with van der Waals surface area (Å²) in [6, 6.07) is 3.96. The molecule has 0 aliphatic carbocycles. The molecule has 0 radical (unpaired) electrons. The maximum Gasteiger partial charge on any atom is 0.139 e. The van der Waals surface area contributed by atoms with Gasteiger partial charge in [-0.1, -0.05) is 20.8 Å². The highest BCUT2D eigenvalue weighted by Gasteiger charge is 2.27. The quantitative estimate of drug-likeness (QED) is 0.534. The average molecular weight is 317 g/mol. The molecule has 1 unspecified atom stereocenters. The normalized spacial score (nSPS) is 14.4. The Hall–Kier alpha value is -0.650. The number of aliphatic hydroxyl groups is 1. The van der Waals surface area contributed by atoms with E-state index < -0.39 is 11.6 Å². The van der Waals surface area contributed by atoms with Crippen LogP contribution < -0.4 is 5.32 Å². The third-order valence-electron chi connectivity index (χ3n) is 3.53. The van der Waals surface area contributed by atoms with Gasteiger partial charge in [0.1, 0.15) is 11.6 Å². The Balaban J connectivity index is 2.47. The van der Waals surface area contributed by atoms with Crippen molar-refractivity contribution in [1.29, 1.82) is 0 Å². The van der Waals surface area contributed by atoms with Crippen LogP contribution in [0.3, 0.4) is 0 Å². The second kappa shape index (κ2) is 8.71. The predicted molar refractivity (Wildman–Crippen MR) is 84.7 cm³/mol. The van der Waals surface area contributed by atoms with E-state index in [2.05, 4.69) is 26.1 Å². The number of hydrogen-bond donors (Lipinski definition) is 2. The lowest BCUT2D eigenvalue weighted by molar-refractivity contribution is 0.137. The standard InChI is InChI=1S/C16H25F2NOS/c1-4-16(11-20,19-12(2)3)8-5-9-21-15-7-6-13(17)10-14(15)18/h6-7,10,12,19-20H,4-5,8-9,11H2,1-3H3. The summed E-state index contributed by atoms with van der Waals surface area (Å²) in [6.07, 6.45) is 2.53. The summed E-state index contributed by atoms with van der Waals surface area (Å²) in [5.74, 6) is -0.322. The second-order valence-electron chi connectivity index (χ2n) is 5.62. The molecule has 0 aromatic heterocycles. The monoisotopic (exact) mass is 317 g/mol. The first-order chi connectivity index (χ1) is 9.92. The number of thioether (sulfide) groups is 1. The lowest BCUT2D eigenvalue weighted by Gasteiger charge is -2.34. The van der Waals surface area contributed by atoms with Crippen molar-refractivity contribution >= 4 is 11.8 Å². The molecule has 0 aliphatic rings. The fourth-order valence-electron chi connectivity index (χ4n) is 2.38. The van der Waals surface area contributed by atoms with Crippen LogP contribution in [-0.4, -0.2) is 29.0 Å². The molecule has 1 atom stereocenters. The molecule has 5 heteroatoms. The van der Waals surface area contributed by atoms with Crippen LogP contribution >= 0.6 is 11.8 Å². The Kier molecular flexibility index (Phi) is 7.63. The van der Waals surface area contributed by atoms with Gasteiger partial charge < -0.3 is 10.4 Å². The smallest absolute Gasteiger partial charge is 0.139 e. The van der Waals surface area contributed by atoms with Gasteiger partial charge in [0.15, 0.2) is 0 Å². The van der Waals surface area contributed by atoms with E-state index in [1.165, 1.54) is 23.9 Å². The average Bonchev–Trinajstić information content (AvgIpc) is 2.43. The van der Waals surface area contributed by atoms with Crippen molar-refractivity contribution in [2.24, 2.45) is 0 Å². The molecular formula is C16H25F2NOS. The number of nitrogens with one attached hydrogen (secondary N) is 1. The Morgan fingerprint density at radius 2 is 2.05 bits per heavy atom. The van der Waals surface area contributed by atoms with Crippen molar-refractivity contribution in [3.05, 3.63) is 29.8 Å². The zero-order valence-corrected chi connectivity index (χ0v) is 13.8. The van der Waals surface area contributed by atoms with Crippen molar-refractivity contribution < 1.29 is 13.9 Å². The number of benzene rings is 1. The van der Waals surface area contributed by atoms with Gasteiger partial charge in [-0.3, -0.25) is 0 Å². The molecule has 2 nitrogen and oxygen atoms in total. The van der Waals surface area contributed by atoms with Gasteiger partial charge >= 0.3 is 0 Å². The van der Waals surface area contributed by atoms with E-state index in [0.717, 1.165) is 31.1 Å². The minimum atomic E-state index is -0.553. The fourth-order valence-corrected chi connectivity index (χ4v) is 3.25. The lowest BCUT2D eigenvalue weighted by atomic mass is 9.91. The fraction of sp³-hybridized carbons (Fsp3) is 0.625. The van der Waals surface area contributed by atoms with E-state index in [4.69, 9.17) is 0 Å². The van der Waals surface area contributed by atoms with Crippen LogP contribution in [-0.2, 0) is 0 Å². The molecule has 120 valence electrons. The third kappa shape index (κ3) is 5.93. The van der Waals surface area contributed by atoms with E-state index in [-0.39, 0.29) is 12.1 Å². The van der Waals surface area contributed by atoms with E-state index in [1.807, 2.05) is 0 Å². The molecule has 0 fully saturated rings. The van der Waals surface area contributed by atoms with Crippen LogP contribution in [0.5, 0.6) is 0 Å². The maximum absolute atomic E-state index is 13.5. The first-order valence-electron chi connectivity index (χ1n) is 7.39. The Labute approximate surface area is 130 Å². The minimum Gasteiger partial charge on any atom is -0.394 e. The van der Waals surface area contributed by atoms with Crippen LogP contribution in [0.4, 0.5) is 8.78 Å². The molecule has 0 saturated heterocycles. The van der Waals surface area contributed by atoms with Crippen LogP contribution in [0.15, 0.2) is 23.1 Å². The van der Waals surface area contributed by atoms with Gasteiger partial charge in [-0.15, -0.1) is 11.8 Å². The van der Waals surface area contributed by atoms with Crippen molar-refractivity contribution in [3.63, 3.8) is 0 Å². The van der Waals surface area contributed by atoms with Gasteiger partial charge in [-0.05, 0) is 37.1 Å². The topological polar surface area (TPSA) is 32.3 Å². The summed E-state index contributed by atoms with van der Waals surface area (Å²) < 4.78 is 26.3. The van der Waals surface area contributed by atoms with Crippen molar-refractivity contribution in [1.82, 2.24) is 5.32 Å². The summed E-state index contributed by atoms with van der Waals surface area (Å²) in [4.78, 5) is 0.472. The number of hydrogen-bond acceptors (Lipinski definition) is 3. The van der Waals surface area contributed by atoms with Gasteiger partial charge in [0.05, 0.1) is 6.61 Å². The Morgan fingerprint density at radius 1 is 1.33 bits per heavy atom. The maximum atomic E-state index is 13.5.